The van der Waals surface area contributed by atoms with E-state index in [1.54, 1.807) is 23.1 Å². The third-order valence-corrected chi connectivity index (χ3v) is 5.50. The van der Waals surface area contributed by atoms with Gasteiger partial charge in [-0.2, -0.15) is 5.10 Å². The Bertz CT molecular complexity index is 774. The summed E-state index contributed by atoms with van der Waals surface area (Å²) in [4.78, 5) is 5.89. The van der Waals surface area contributed by atoms with Crippen LogP contribution in [-0.4, -0.2) is 14.8 Å². The van der Waals surface area contributed by atoms with Crippen molar-refractivity contribution >= 4 is 23.1 Å². The first-order valence-corrected chi connectivity index (χ1v) is 9.12. The fourth-order valence-corrected chi connectivity index (χ4v) is 4.08. The van der Waals surface area contributed by atoms with Crippen LogP contribution in [0.3, 0.4) is 0 Å². The van der Waals surface area contributed by atoms with Gasteiger partial charge >= 0.3 is 0 Å². The Kier molecular flexibility index (Phi) is 4.64. The molecule has 5 heteroatoms. The molecule has 0 aliphatic rings. The van der Waals surface area contributed by atoms with Crippen molar-refractivity contribution in [2.75, 3.05) is 0 Å². The Balaban J connectivity index is 1.93. The van der Waals surface area contributed by atoms with Gasteiger partial charge in [0.1, 0.15) is 5.03 Å². The van der Waals surface area contributed by atoms with Crippen LogP contribution in [0.2, 0.25) is 0 Å². The van der Waals surface area contributed by atoms with E-state index in [0.29, 0.717) is 0 Å². The summed E-state index contributed by atoms with van der Waals surface area (Å²) in [6.07, 6.45) is 6.00. The topological polar surface area (TPSA) is 30.7 Å². The molecule has 0 bridgehead atoms. The maximum Gasteiger partial charge on any atom is 0.112 e. The molecule has 0 aliphatic carbocycles. The summed E-state index contributed by atoms with van der Waals surface area (Å²) in [5.41, 5.74) is 3.72. The number of thiazole rings is 1. The van der Waals surface area contributed by atoms with E-state index in [1.165, 1.54) is 21.0 Å². The molecule has 3 aromatic rings. The average Bonchev–Trinajstić information content (AvgIpc) is 3.15. The second kappa shape index (κ2) is 6.67. The first-order chi connectivity index (χ1) is 10.7. The fourth-order valence-electron chi connectivity index (χ4n) is 2.28. The first kappa shape index (κ1) is 15.3. The van der Waals surface area contributed by atoms with Crippen LogP contribution < -0.4 is 0 Å². The zero-order chi connectivity index (χ0) is 15.5. The molecule has 0 saturated heterocycles. The highest BCUT2D eigenvalue weighted by Gasteiger charge is 2.08. The average molecular weight is 329 g/mol. The van der Waals surface area contributed by atoms with Crippen LogP contribution in [0.25, 0.3) is 11.1 Å². The van der Waals surface area contributed by atoms with E-state index in [2.05, 4.69) is 53.7 Å². The molecule has 0 N–H and O–H groups in total. The summed E-state index contributed by atoms with van der Waals surface area (Å²) in [5.74, 6) is 0. The lowest BCUT2D eigenvalue weighted by atomic mass is 10.1. The molecule has 0 radical (unpaired) electrons. The molecule has 0 fully saturated rings. The van der Waals surface area contributed by atoms with Gasteiger partial charge in [0.25, 0.3) is 0 Å². The maximum absolute atomic E-state index is 4.65. The van der Waals surface area contributed by atoms with Crippen LogP contribution in [-0.2, 0) is 19.9 Å². The monoisotopic (exact) mass is 329 g/mol. The summed E-state index contributed by atoms with van der Waals surface area (Å²) in [7, 11) is 1.95. The third-order valence-electron chi connectivity index (χ3n) is 3.47. The third kappa shape index (κ3) is 3.42. The number of hydrogen-bond donors (Lipinski definition) is 0. The van der Waals surface area contributed by atoms with Gasteiger partial charge in [-0.3, -0.25) is 4.68 Å². The Morgan fingerprint density at radius 1 is 1.14 bits per heavy atom. The predicted octanol–water partition coefficient (Wildman–Crippen LogP) is 4.82. The van der Waals surface area contributed by atoms with E-state index in [9.17, 15) is 0 Å². The minimum Gasteiger partial charge on any atom is -0.275 e. The second-order valence-corrected chi connectivity index (χ2v) is 7.19. The second-order valence-electron chi connectivity index (χ2n) is 5.16. The highest BCUT2D eigenvalue weighted by Crippen LogP contribution is 2.33. The maximum atomic E-state index is 4.65. The highest BCUT2D eigenvalue weighted by molar-refractivity contribution is 7.99. The standard InChI is InChI=1S/C17H19N3S2/c1-4-12-6-13(14-9-18-20(3)10-14)8-15(7-12)22-17-11-21-16(5-2)19-17/h6-11H,4-5H2,1-3H3. The van der Waals surface area contributed by atoms with Gasteiger partial charge in [-0.1, -0.05) is 31.7 Å². The van der Waals surface area contributed by atoms with Crippen LogP contribution >= 0.6 is 23.1 Å². The summed E-state index contributed by atoms with van der Waals surface area (Å²) in [6, 6.07) is 6.74. The summed E-state index contributed by atoms with van der Waals surface area (Å²) < 4.78 is 1.84. The van der Waals surface area contributed by atoms with Crippen molar-refractivity contribution in [2.24, 2.45) is 7.05 Å². The van der Waals surface area contributed by atoms with Gasteiger partial charge in [0.2, 0.25) is 0 Å². The lowest BCUT2D eigenvalue weighted by Crippen LogP contribution is -1.86. The van der Waals surface area contributed by atoms with Crippen molar-refractivity contribution in [2.45, 2.75) is 36.6 Å². The van der Waals surface area contributed by atoms with Gasteiger partial charge < -0.3 is 0 Å². The van der Waals surface area contributed by atoms with Crippen LogP contribution in [0.15, 0.2) is 45.9 Å². The molecule has 0 aliphatic heterocycles. The molecule has 114 valence electrons. The molecule has 2 aromatic heterocycles. The van der Waals surface area contributed by atoms with Gasteiger partial charge in [0, 0.05) is 29.1 Å². The smallest absolute Gasteiger partial charge is 0.112 e. The Morgan fingerprint density at radius 3 is 2.64 bits per heavy atom. The van der Waals surface area contributed by atoms with Crippen LogP contribution in [0.4, 0.5) is 0 Å². The zero-order valence-electron chi connectivity index (χ0n) is 13.0. The van der Waals surface area contributed by atoms with Crippen molar-refractivity contribution in [1.29, 1.82) is 0 Å². The molecule has 0 unspecified atom stereocenters. The lowest BCUT2D eigenvalue weighted by molar-refractivity contribution is 0.768. The van der Waals surface area contributed by atoms with Crippen molar-refractivity contribution in [3.8, 4) is 11.1 Å². The normalized spacial score (nSPS) is 11.0. The van der Waals surface area contributed by atoms with Crippen molar-refractivity contribution in [3.05, 3.63) is 46.5 Å². The van der Waals surface area contributed by atoms with Gasteiger partial charge in [0.05, 0.1) is 11.2 Å². The molecular weight excluding hydrogens is 310 g/mol. The molecule has 3 nitrogen and oxygen atoms in total. The molecule has 2 heterocycles. The molecular formula is C17H19N3S2. The van der Waals surface area contributed by atoms with E-state index in [-0.39, 0.29) is 0 Å². The van der Waals surface area contributed by atoms with Crippen molar-refractivity contribution < 1.29 is 0 Å². The van der Waals surface area contributed by atoms with Crippen molar-refractivity contribution in [1.82, 2.24) is 14.8 Å². The van der Waals surface area contributed by atoms with E-state index in [4.69, 9.17) is 0 Å². The molecule has 3 rings (SSSR count). The number of benzene rings is 1. The molecule has 1 aromatic carbocycles. The molecule has 22 heavy (non-hydrogen) atoms. The number of aryl methyl sites for hydroxylation is 3. The zero-order valence-corrected chi connectivity index (χ0v) is 14.7. The highest BCUT2D eigenvalue weighted by atomic mass is 32.2. The Morgan fingerprint density at radius 2 is 2.00 bits per heavy atom. The summed E-state index contributed by atoms with van der Waals surface area (Å²) in [5, 5.41) is 8.71. The van der Waals surface area contributed by atoms with Crippen LogP contribution in [0, 0.1) is 0 Å². The number of aromatic nitrogens is 3. The molecule has 0 spiro atoms. The van der Waals surface area contributed by atoms with Crippen molar-refractivity contribution in [3.63, 3.8) is 0 Å². The number of rotatable bonds is 5. The number of hydrogen-bond acceptors (Lipinski definition) is 4. The Hall–Kier alpha value is -1.59. The summed E-state index contributed by atoms with van der Waals surface area (Å²) in [6.45, 7) is 4.33. The van der Waals surface area contributed by atoms with Gasteiger partial charge in [-0.25, -0.2) is 4.98 Å². The quantitative estimate of drug-likeness (QED) is 0.672. The SMILES string of the molecule is CCc1cc(Sc2csc(CC)n2)cc(-c2cnn(C)c2)c1. The van der Waals surface area contributed by atoms with E-state index >= 15 is 0 Å². The van der Waals surface area contributed by atoms with E-state index in [1.807, 2.05) is 17.9 Å². The minimum atomic E-state index is 1.00. The van der Waals surface area contributed by atoms with Crippen LogP contribution in [0.5, 0.6) is 0 Å². The fraction of sp³-hybridized carbons (Fsp3) is 0.294. The first-order valence-electron chi connectivity index (χ1n) is 7.43. The summed E-state index contributed by atoms with van der Waals surface area (Å²) >= 11 is 3.48. The van der Waals surface area contributed by atoms with Gasteiger partial charge in [-0.15, -0.1) is 11.3 Å². The van der Waals surface area contributed by atoms with Gasteiger partial charge in [0.15, 0.2) is 0 Å². The largest absolute Gasteiger partial charge is 0.275 e. The molecule has 0 saturated carbocycles. The van der Waals surface area contributed by atoms with E-state index in [0.717, 1.165) is 23.4 Å². The molecule has 0 atom stereocenters. The van der Waals surface area contributed by atoms with E-state index < -0.39 is 0 Å². The Labute approximate surface area is 139 Å². The molecule has 0 amide bonds. The minimum absolute atomic E-state index is 1.00. The predicted molar refractivity (Wildman–Crippen MR) is 93.6 cm³/mol. The van der Waals surface area contributed by atoms with Crippen LogP contribution in [0.1, 0.15) is 24.4 Å². The lowest BCUT2D eigenvalue weighted by Gasteiger charge is -2.06. The van der Waals surface area contributed by atoms with Gasteiger partial charge in [-0.05, 0) is 36.1 Å². The number of nitrogens with zero attached hydrogens (tertiary/aromatic N) is 3.